The van der Waals surface area contributed by atoms with Crippen LogP contribution in [0.4, 0.5) is 0 Å². The van der Waals surface area contributed by atoms with Gasteiger partial charge in [0, 0.05) is 39.5 Å². The predicted molar refractivity (Wildman–Crippen MR) is 116 cm³/mol. The number of rotatable bonds is 8. The van der Waals surface area contributed by atoms with Gasteiger partial charge in [0.15, 0.2) is 9.84 Å². The van der Waals surface area contributed by atoms with Crippen molar-refractivity contribution in [1.29, 1.82) is 0 Å². The Morgan fingerprint density at radius 3 is 1.96 bits per heavy atom. The molecule has 28 heavy (non-hydrogen) atoms. The third-order valence-corrected chi connectivity index (χ3v) is 6.18. The first-order valence-electron chi connectivity index (χ1n) is 7.61. The smallest absolute Gasteiger partial charge is 0.232 e. The molecule has 12 heteroatoms. The van der Waals surface area contributed by atoms with Crippen molar-refractivity contribution < 1.29 is 18.0 Å². The summed E-state index contributed by atoms with van der Waals surface area (Å²) in [6, 6.07) is 3.60. The van der Waals surface area contributed by atoms with Gasteiger partial charge < -0.3 is 11.5 Å². The Bertz CT molecular complexity index is 926. The summed E-state index contributed by atoms with van der Waals surface area (Å²) in [7, 11) is -3.49. The number of nitrogens with two attached hydrogens (primary N) is 2. The molecule has 0 aliphatic heterocycles. The van der Waals surface area contributed by atoms with E-state index in [1.807, 2.05) is 6.07 Å². The second-order valence-corrected chi connectivity index (χ2v) is 10.4. The highest BCUT2D eigenvalue weighted by atomic mass is 79.9. The number of sulfone groups is 1. The molecule has 0 spiro atoms. The van der Waals surface area contributed by atoms with Gasteiger partial charge in [-0.05, 0) is 55.1 Å². The van der Waals surface area contributed by atoms with Crippen molar-refractivity contribution in [2.45, 2.75) is 11.5 Å². The highest BCUT2D eigenvalue weighted by Gasteiger charge is 2.15. The third kappa shape index (κ3) is 11.4. The summed E-state index contributed by atoms with van der Waals surface area (Å²) in [5, 5.41) is 0. The first-order valence-corrected chi connectivity index (χ1v) is 12.2. The molecule has 2 amide bonds. The van der Waals surface area contributed by atoms with Crippen LogP contribution >= 0.6 is 43.6 Å². The van der Waals surface area contributed by atoms with E-state index in [2.05, 4.69) is 41.8 Å². The number of hydrogen-bond acceptors (Lipinski definition) is 7. The number of halogens is 2. The van der Waals surface area contributed by atoms with E-state index in [0.29, 0.717) is 15.8 Å². The molecule has 2 heterocycles. The first-order chi connectivity index (χ1) is 13.1. The minimum absolute atomic E-state index is 0.234. The average molecular weight is 554 g/mol. The molecule has 0 saturated carbocycles. The number of amides is 2. The molecule has 0 aliphatic rings. The molecule has 0 bridgehead atoms. The van der Waals surface area contributed by atoms with Crippen LogP contribution in [0.1, 0.15) is 11.1 Å². The molecule has 0 radical (unpaired) electrons. The molecular formula is C16H18Br2N4O4S2. The van der Waals surface area contributed by atoms with E-state index in [4.69, 9.17) is 11.5 Å². The number of nitrogens with zero attached hydrogens (tertiary/aromatic N) is 2. The molecule has 4 N–H and O–H groups in total. The van der Waals surface area contributed by atoms with Gasteiger partial charge in [0.1, 0.15) is 5.75 Å². The highest BCUT2D eigenvalue weighted by Crippen LogP contribution is 2.15. The number of thioether (sulfide) groups is 1. The lowest BCUT2D eigenvalue weighted by atomic mass is 10.3. The zero-order chi connectivity index (χ0) is 21.2. The van der Waals surface area contributed by atoms with Crippen LogP contribution in [0, 0.1) is 0 Å². The summed E-state index contributed by atoms with van der Waals surface area (Å²) in [5.74, 6) is -0.894. The Kier molecular flexibility index (Phi) is 10.6. The second kappa shape index (κ2) is 12.1. The van der Waals surface area contributed by atoms with Crippen LogP contribution in [0.2, 0.25) is 0 Å². The van der Waals surface area contributed by atoms with Gasteiger partial charge in [-0.2, -0.15) is 0 Å². The number of primary amides is 2. The number of carbonyl (C=O) groups is 2. The normalized spacial score (nSPS) is 10.6. The maximum Gasteiger partial charge on any atom is 0.232 e. The topological polar surface area (TPSA) is 146 Å². The van der Waals surface area contributed by atoms with E-state index in [0.717, 1.165) is 15.8 Å². The zero-order valence-corrected chi connectivity index (χ0v) is 19.4. The van der Waals surface area contributed by atoms with Crippen molar-refractivity contribution >= 4 is 65.3 Å². The lowest BCUT2D eigenvalue weighted by Gasteiger charge is -2.01. The minimum atomic E-state index is -3.49. The maximum absolute atomic E-state index is 11.4. The molecule has 0 aromatic carbocycles. The van der Waals surface area contributed by atoms with Crippen molar-refractivity contribution in [3.05, 3.63) is 57.0 Å². The Hall–Kier alpha value is -1.50. The molecule has 2 aromatic heterocycles. The fraction of sp³-hybridized carbons (Fsp3) is 0.250. The van der Waals surface area contributed by atoms with Crippen LogP contribution in [-0.4, -0.2) is 41.7 Å². The lowest BCUT2D eigenvalue weighted by Crippen LogP contribution is -2.24. The summed E-state index contributed by atoms with van der Waals surface area (Å²) in [6.45, 7) is 0. The van der Waals surface area contributed by atoms with Gasteiger partial charge >= 0.3 is 0 Å². The summed E-state index contributed by atoms with van der Waals surface area (Å²) in [4.78, 5) is 28.7. The van der Waals surface area contributed by atoms with Gasteiger partial charge in [-0.3, -0.25) is 19.6 Å². The van der Waals surface area contributed by atoms with Gasteiger partial charge in [0.25, 0.3) is 0 Å². The monoisotopic (exact) mass is 552 g/mol. The van der Waals surface area contributed by atoms with Crippen molar-refractivity contribution in [3.63, 3.8) is 0 Å². The molecule has 0 aliphatic carbocycles. The van der Waals surface area contributed by atoms with Crippen molar-refractivity contribution in [2.24, 2.45) is 11.5 Å². The quantitative estimate of drug-likeness (QED) is 0.506. The second-order valence-electron chi connectivity index (χ2n) is 5.48. The van der Waals surface area contributed by atoms with Crippen molar-refractivity contribution in [1.82, 2.24) is 9.97 Å². The van der Waals surface area contributed by atoms with Crippen molar-refractivity contribution in [2.75, 3.05) is 11.5 Å². The van der Waals surface area contributed by atoms with Gasteiger partial charge in [-0.15, -0.1) is 11.8 Å². The maximum atomic E-state index is 11.4. The Balaban J connectivity index is 0.000000283. The van der Waals surface area contributed by atoms with E-state index in [1.54, 1.807) is 24.7 Å². The van der Waals surface area contributed by atoms with Gasteiger partial charge in [-0.1, -0.05) is 0 Å². The largest absolute Gasteiger partial charge is 0.369 e. The SMILES string of the molecule is NC(=O)CS(=O)(=O)Cc1cncc(Br)c1.NC(=O)CSCc1cncc(Br)c1. The molecule has 0 unspecified atom stereocenters. The molecule has 0 atom stereocenters. The van der Waals surface area contributed by atoms with Crippen molar-refractivity contribution in [3.8, 4) is 0 Å². The van der Waals surface area contributed by atoms with E-state index in [1.165, 1.54) is 18.0 Å². The van der Waals surface area contributed by atoms with Crippen LogP contribution in [0.3, 0.4) is 0 Å². The van der Waals surface area contributed by atoms with Gasteiger partial charge in [0.05, 0.1) is 11.5 Å². The average Bonchev–Trinajstić information content (AvgIpc) is 2.53. The standard InChI is InChI=1S/C8H9BrN2O3S.C8H9BrN2OS/c9-7-1-6(2-11-3-7)4-15(13,14)5-8(10)12;9-7-1-6(2-11-3-7)4-13-5-8(10)12/h1-3H,4-5H2,(H2,10,12);1-3H,4-5H2,(H2,10,12). The third-order valence-electron chi connectivity index (χ3n) is 2.78. The van der Waals surface area contributed by atoms with E-state index in [-0.39, 0.29) is 11.7 Å². The molecule has 0 fully saturated rings. The molecule has 2 aromatic rings. The van der Waals surface area contributed by atoms with Crippen LogP contribution in [0.5, 0.6) is 0 Å². The van der Waals surface area contributed by atoms with Crippen LogP contribution in [0.25, 0.3) is 0 Å². The van der Waals surface area contributed by atoms with Crippen LogP contribution in [-0.2, 0) is 30.9 Å². The zero-order valence-electron chi connectivity index (χ0n) is 14.5. The van der Waals surface area contributed by atoms with Gasteiger partial charge in [-0.25, -0.2) is 8.42 Å². The van der Waals surface area contributed by atoms with Gasteiger partial charge in [0.2, 0.25) is 11.8 Å². The minimum Gasteiger partial charge on any atom is -0.369 e. The van der Waals surface area contributed by atoms with E-state index in [9.17, 15) is 18.0 Å². The number of pyridine rings is 2. The summed E-state index contributed by atoms with van der Waals surface area (Å²) in [5.41, 5.74) is 11.4. The molecular weight excluding hydrogens is 536 g/mol. The molecule has 0 saturated heterocycles. The number of aromatic nitrogens is 2. The van der Waals surface area contributed by atoms with E-state index < -0.39 is 21.5 Å². The molecule has 8 nitrogen and oxygen atoms in total. The predicted octanol–water partition coefficient (Wildman–Crippen LogP) is 1.81. The number of hydrogen-bond donors (Lipinski definition) is 2. The molecule has 2 rings (SSSR count). The summed E-state index contributed by atoms with van der Waals surface area (Å²) >= 11 is 7.98. The fourth-order valence-corrected chi connectivity index (χ4v) is 4.58. The Morgan fingerprint density at radius 1 is 0.929 bits per heavy atom. The first kappa shape index (κ1) is 24.5. The van der Waals surface area contributed by atoms with Crippen LogP contribution < -0.4 is 11.5 Å². The Labute approximate surface area is 184 Å². The Morgan fingerprint density at radius 2 is 1.46 bits per heavy atom. The summed E-state index contributed by atoms with van der Waals surface area (Å²) < 4.78 is 24.4. The highest BCUT2D eigenvalue weighted by molar-refractivity contribution is 9.10. The summed E-state index contributed by atoms with van der Waals surface area (Å²) in [6.07, 6.45) is 6.48. The lowest BCUT2D eigenvalue weighted by molar-refractivity contribution is -0.116. The number of carbonyl (C=O) groups excluding carboxylic acids is 2. The van der Waals surface area contributed by atoms with E-state index >= 15 is 0 Å². The van der Waals surface area contributed by atoms with Crippen LogP contribution in [0.15, 0.2) is 45.9 Å². The molecule has 152 valence electrons. The fourth-order valence-electron chi connectivity index (χ4n) is 1.86.